The normalized spacial score (nSPS) is 9.95. The minimum Gasteiger partial charge on any atom is -0.324 e. The molecule has 2 rings (SSSR count). The number of anilines is 1. The van der Waals surface area contributed by atoms with Gasteiger partial charge in [0.2, 0.25) is 11.6 Å². The van der Waals surface area contributed by atoms with Gasteiger partial charge in [-0.15, -0.1) is 0 Å². The van der Waals surface area contributed by atoms with Crippen molar-refractivity contribution in [2.45, 2.75) is 6.42 Å². The Morgan fingerprint density at radius 1 is 1.00 bits per heavy atom. The highest BCUT2D eigenvalue weighted by Gasteiger charge is 2.16. The molecule has 0 atom stereocenters. The zero-order chi connectivity index (χ0) is 13.7. The molecule has 2 aromatic rings. The van der Waals surface area contributed by atoms with E-state index in [1.807, 2.05) is 30.3 Å². The lowest BCUT2D eigenvalue weighted by Crippen LogP contribution is -2.17. The molecule has 0 bridgehead atoms. The van der Waals surface area contributed by atoms with Gasteiger partial charge in [-0.25, -0.2) is 0 Å². The maximum atomic E-state index is 12.0. The summed E-state index contributed by atoms with van der Waals surface area (Å²) in [7, 11) is 0. The number of hydrazine groups is 1. The van der Waals surface area contributed by atoms with Crippen LogP contribution in [0.4, 0.5) is 5.69 Å². The van der Waals surface area contributed by atoms with E-state index < -0.39 is 11.6 Å². The summed E-state index contributed by atoms with van der Waals surface area (Å²) in [6.07, 6.45) is 0.111. The zero-order valence-corrected chi connectivity index (χ0v) is 10.3. The van der Waals surface area contributed by atoms with E-state index in [2.05, 4.69) is 5.43 Å². The third-order valence-electron chi connectivity index (χ3n) is 2.75. The van der Waals surface area contributed by atoms with Gasteiger partial charge in [-0.05, 0) is 17.7 Å². The second-order valence-electron chi connectivity index (χ2n) is 4.14. The SMILES string of the molecule is NNc1cccc(C(=O)C(=O)Cc2ccccc2)c1. The first-order chi connectivity index (χ1) is 9.20. The van der Waals surface area contributed by atoms with E-state index in [1.54, 1.807) is 24.3 Å². The Morgan fingerprint density at radius 2 is 1.74 bits per heavy atom. The first kappa shape index (κ1) is 13.0. The van der Waals surface area contributed by atoms with Gasteiger partial charge in [0.25, 0.3) is 0 Å². The van der Waals surface area contributed by atoms with Gasteiger partial charge in [0.15, 0.2) is 0 Å². The lowest BCUT2D eigenvalue weighted by Gasteiger charge is -2.04. The highest BCUT2D eigenvalue weighted by molar-refractivity contribution is 6.44. The molecule has 3 N–H and O–H groups in total. The van der Waals surface area contributed by atoms with Gasteiger partial charge >= 0.3 is 0 Å². The van der Waals surface area contributed by atoms with Crippen LogP contribution in [0.15, 0.2) is 54.6 Å². The van der Waals surface area contributed by atoms with Crippen molar-refractivity contribution in [1.82, 2.24) is 0 Å². The first-order valence-electron chi connectivity index (χ1n) is 5.89. The number of carbonyl (C=O) groups is 2. The minimum atomic E-state index is -0.499. The number of benzene rings is 2. The summed E-state index contributed by atoms with van der Waals surface area (Å²) in [5.74, 6) is 4.34. The fourth-order valence-corrected chi connectivity index (χ4v) is 1.77. The summed E-state index contributed by atoms with van der Waals surface area (Å²) in [5, 5.41) is 0. The van der Waals surface area contributed by atoms with Gasteiger partial charge in [-0.1, -0.05) is 42.5 Å². The lowest BCUT2D eigenvalue weighted by atomic mass is 10.0. The average molecular weight is 254 g/mol. The third-order valence-corrected chi connectivity index (χ3v) is 2.75. The summed E-state index contributed by atoms with van der Waals surface area (Å²) in [4.78, 5) is 23.9. The summed E-state index contributed by atoms with van der Waals surface area (Å²) < 4.78 is 0. The molecule has 0 saturated carbocycles. The maximum Gasteiger partial charge on any atom is 0.228 e. The predicted molar refractivity (Wildman–Crippen MR) is 73.7 cm³/mol. The van der Waals surface area contributed by atoms with Gasteiger partial charge in [0, 0.05) is 17.7 Å². The summed E-state index contributed by atoms with van der Waals surface area (Å²) >= 11 is 0. The van der Waals surface area contributed by atoms with E-state index in [-0.39, 0.29) is 6.42 Å². The molecule has 0 aromatic heterocycles. The number of rotatable bonds is 5. The molecule has 0 heterocycles. The van der Waals surface area contributed by atoms with Gasteiger partial charge in [-0.3, -0.25) is 15.4 Å². The average Bonchev–Trinajstić information content (AvgIpc) is 2.47. The van der Waals surface area contributed by atoms with Crippen LogP contribution in [0.5, 0.6) is 0 Å². The van der Waals surface area contributed by atoms with Crippen LogP contribution in [-0.2, 0) is 11.2 Å². The number of Topliss-reactive ketones (excluding diaryl/α,β-unsaturated/α-hetero) is 2. The molecule has 4 heteroatoms. The molecule has 0 radical (unpaired) electrons. The molecule has 0 aliphatic rings. The van der Waals surface area contributed by atoms with Crippen LogP contribution < -0.4 is 11.3 Å². The number of hydrogen-bond acceptors (Lipinski definition) is 4. The van der Waals surface area contributed by atoms with E-state index >= 15 is 0 Å². The van der Waals surface area contributed by atoms with Crippen molar-refractivity contribution in [2.24, 2.45) is 5.84 Å². The molecule has 0 aliphatic heterocycles. The van der Waals surface area contributed by atoms with Crippen molar-refractivity contribution in [3.63, 3.8) is 0 Å². The highest BCUT2D eigenvalue weighted by atomic mass is 16.2. The Balaban J connectivity index is 2.13. The van der Waals surface area contributed by atoms with Crippen LogP contribution >= 0.6 is 0 Å². The van der Waals surface area contributed by atoms with Crippen molar-refractivity contribution >= 4 is 17.3 Å². The van der Waals surface area contributed by atoms with Crippen LogP contribution in [-0.4, -0.2) is 11.6 Å². The van der Waals surface area contributed by atoms with Crippen molar-refractivity contribution in [1.29, 1.82) is 0 Å². The second kappa shape index (κ2) is 5.93. The molecule has 96 valence electrons. The Hall–Kier alpha value is -2.46. The van der Waals surface area contributed by atoms with Crippen molar-refractivity contribution in [3.8, 4) is 0 Å². The molecular weight excluding hydrogens is 240 g/mol. The van der Waals surface area contributed by atoms with Crippen LogP contribution in [0, 0.1) is 0 Å². The Bertz CT molecular complexity index is 594. The van der Waals surface area contributed by atoms with Crippen LogP contribution in [0.1, 0.15) is 15.9 Å². The van der Waals surface area contributed by atoms with E-state index in [0.29, 0.717) is 11.3 Å². The molecule has 0 unspecified atom stereocenters. The van der Waals surface area contributed by atoms with Gasteiger partial charge < -0.3 is 5.43 Å². The van der Waals surface area contributed by atoms with E-state index in [4.69, 9.17) is 5.84 Å². The van der Waals surface area contributed by atoms with Crippen LogP contribution in [0.2, 0.25) is 0 Å². The second-order valence-corrected chi connectivity index (χ2v) is 4.14. The Morgan fingerprint density at radius 3 is 2.42 bits per heavy atom. The third kappa shape index (κ3) is 3.26. The molecule has 19 heavy (non-hydrogen) atoms. The van der Waals surface area contributed by atoms with E-state index in [9.17, 15) is 9.59 Å². The molecule has 0 saturated heterocycles. The Kier molecular flexibility index (Phi) is 4.05. The van der Waals surface area contributed by atoms with Crippen LogP contribution in [0.3, 0.4) is 0 Å². The molecule has 2 aromatic carbocycles. The highest BCUT2D eigenvalue weighted by Crippen LogP contribution is 2.11. The van der Waals surface area contributed by atoms with Crippen molar-refractivity contribution < 1.29 is 9.59 Å². The fourth-order valence-electron chi connectivity index (χ4n) is 1.77. The zero-order valence-electron chi connectivity index (χ0n) is 10.3. The smallest absolute Gasteiger partial charge is 0.228 e. The summed E-state index contributed by atoms with van der Waals surface area (Å²) in [5.41, 5.74) is 4.21. The fraction of sp³-hybridized carbons (Fsp3) is 0.0667. The Labute approximate surface area is 111 Å². The lowest BCUT2D eigenvalue weighted by molar-refractivity contribution is -0.114. The topological polar surface area (TPSA) is 72.2 Å². The number of nitrogens with two attached hydrogens (primary N) is 1. The quantitative estimate of drug-likeness (QED) is 0.370. The van der Waals surface area contributed by atoms with Crippen LogP contribution in [0.25, 0.3) is 0 Å². The van der Waals surface area contributed by atoms with Gasteiger partial charge in [0.1, 0.15) is 0 Å². The summed E-state index contributed by atoms with van der Waals surface area (Å²) in [6.45, 7) is 0. The minimum absolute atomic E-state index is 0.111. The number of ketones is 2. The number of hydrogen-bond donors (Lipinski definition) is 2. The predicted octanol–water partition coefficient (Wildman–Crippen LogP) is 1.97. The van der Waals surface area contributed by atoms with Crippen molar-refractivity contribution in [3.05, 3.63) is 65.7 Å². The number of nitrogen functional groups attached to an aromatic ring is 1. The molecule has 0 aliphatic carbocycles. The molecule has 0 amide bonds. The largest absolute Gasteiger partial charge is 0.324 e. The first-order valence-corrected chi connectivity index (χ1v) is 5.89. The standard InChI is InChI=1S/C15H14N2O2/c16-17-13-8-4-7-12(10-13)15(19)14(18)9-11-5-2-1-3-6-11/h1-8,10,17H,9,16H2. The van der Waals surface area contributed by atoms with Crippen molar-refractivity contribution in [2.75, 3.05) is 5.43 Å². The number of carbonyl (C=O) groups excluding carboxylic acids is 2. The maximum absolute atomic E-state index is 12.0. The monoisotopic (exact) mass is 254 g/mol. The molecule has 0 spiro atoms. The molecular formula is C15H14N2O2. The number of nitrogens with one attached hydrogen (secondary N) is 1. The molecule has 0 fully saturated rings. The summed E-state index contributed by atoms with van der Waals surface area (Å²) in [6, 6.07) is 15.8. The van der Waals surface area contributed by atoms with E-state index in [1.165, 1.54) is 0 Å². The van der Waals surface area contributed by atoms with Gasteiger partial charge in [0.05, 0.1) is 0 Å². The van der Waals surface area contributed by atoms with E-state index in [0.717, 1.165) is 5.56 Å². The molecule has 4 nitrogen and oxygen atoms in total. The van der Waals surface area contributed by atoms with Gasteiger partial charge in [-0.2, -0.15) is 0 Å².